The number of rotatable bonds is 7. The van der Waals surface area contributed by atoms with Gasteiger partial charge in [-0.25, -0.2) is 8.42 Å². The van der Waals surface area contributed by atoms with Crippen LogP contribution in [0.4, 0.5) is 0 Å². The number of hydrogen-bond acceptors (Lipinski definition) is 5. The van der Waals surface area contributed by atoms with Gasteiger partial charge in [0.1, 0.15) is 0 Å². The second kappa shape index (κ2) is 9.35. The number of sulfonamides is 1. The third kappa shape index (κ3) is 5.53. The van der Waals surface area contributed by atoms with Crippen LogP contribution in [0.3, 0.4) is 0 Å². The van der Waals surface area contributed by atoms with E-state index in [1.165, 1.54) is 6.26 Å². The molecule has 1 amide bonds. The van der Waals surface area contributed by atoms with Gasteiger partial charge in [-0.3, -0.25) is 9.69 Å². The Balaban J connectivity index is 1.58. The van der Waals surface area contributed by atoms with Crippen molar-refractivity contribution in [1.82, 2.24) is 14.1 Å². The number of aryl methyl sites for hydroxylation is 1. The second-order valence-corrected chi connectivity index (χ2v) is 9.68. The molecule has 2 aliphatic heterocycles. The van der Waals surface area contributed by atoms with E-state index in [1.54, 1.807) is 9.21 Å². The molecular formula is C20H31N3O4S. The quantitative estimate of drug-likeness (QED) is 0.677. The van der Waals surface area contributed by atoms with Crippen molar-refractivity contribution in [2.24, 2.45) is 0 Å². The molecule has 1 aromatic rings. The predicted molar refractivity (Wildman–Crippen MR) is 109 cm³/mol. The maximum atomic E-state index is 12.8. The van der Waals surface area contributed by atoms with E-state index < -0.39 is 10.0 Å². The van der Waals surface area contributed by atoms with Gasteiger partial charge in [0.2, 0.25) is 10.0 Å². The Kier molecular flexibility index (Phi) is 7.09. The van der Waals surface area contributed by atoms with Crippen LogP contribution in [-0.2, 0) is 14.8 Å². The van der Waals surface area contributed by atoms with E-state index in [1.807, 2.05) is 31.2 Å². The van der Waals surface area contributed by atoms with Crippen LogP contribution in [0.15, 0.2) is 24.3 Å². The van der Waals surface area contributed by atoms with E-state index in [2.05, 4.69) is 4.90 Å². The molecule has 156 valence electrons. The van der Waals surface area contributed by atoms with Crippen LogP contribution in [0.1, 0.15) is 28.8 Å². The summed E-state index contributed by atoms with van der Waals surface area (Å²) in [5, 5.41) is 0. The first kappa shape index (κ1) is 21.2. The van der Waals surface area contributed by atoms with E-state index in [4.69, 9.17) is 4.74 Å². The zero-order valence-corrected chi connectivity index (χ0v) is 17.7. The number of amides is 1. The standard InChI is InChI=1S/C20H31N3O4S/c1-17-5-3-6-18(15-17)20(24)22-10-7-19(16-22)23(28(2,25)26)9-4-8-21-11-13-27-14-12-21/h3,5-6,15,19H,4,7-14,16H2,1-2H3. The van der Waals surface area contributed by atoms with Gasteiger partial charge in [0, 0.05) is 44.3 Å². The molecule has 0 bridgehead atoms. The Morgan fingerprint density at radius 1 is 1.25 bits per heavy atom. The molecule has 0 spiro atoms. The molecule has 2 heterocycles. The minimum atomic E-state index is -3.32. The zero-order chi connectivity index (χ0) is 20.1. The lowest BCUT2D eigenvalue weighted by atomic mass is 10.1. The SMILES string of the molecule is Cc1cccc(C(=O)N2CCC(N(CCCN3CCOCC3)S(C)(=O)=O)C2)c1. The van der Waals surface area contributed by atoms with Crippen LogP contribution in [0.2, 0.25) is 0 Å². The number of ether oxygens (including phenoxy) is 1. The van der Waals surface area contributed by atoms with E-state index in [0.717, 1.165) is 44.8 Å². The van der Waals surface area contributed by atoms with Crippen molar-refractivity contribution in [2.45, 2.75) is 25.8 Å². The fraction of sp³-hybridized carbons (Fsp3) is 0.650. The van der Waals surface area contributed by atoms with E-state index >= 15 is 0 Å². The molecule has 0 saturated carbocycles. The van der Waals surface area contributed by atoms with Gasteiger partial charge in [0.15, 0.2) is 0 Å². The van der Waals surface area contributed by atoms with Crippen molar-refractivity contribution in [3.8, 4) is 0 Å². The van der Waals surface area contributed by atoms with Crippen molar-refractivity contribution in [1.29, 1.82) is 0 Å². The number of hydrogen-bond donors (Lipinski definition) is 0. The highest BCUT2D eigenvalue weighted by Gasteiger charge is 2.34. The van der Waals surface area contributed by atoms with Gasteiger partial charge in [-0.05, 0) is 38.4 Å². The first-order valence-electron chi connectivity index (χ1n) is 9.97. The first-order valence-corrected chi connectivity index (χ1v) is 11.8. The summed E-state index contributed by atoms with van der Waals surface area (Å²) in [5.41, 5.74) is 1.71. The highest BCUT2D eigenvalue weighted by atomic mass is 32.2. The Labute approximate surface area is 168 Å². The minimum absolute atomic E-state index is 0.0204. The Morgan fingerprint density at radius 3 is 2.68 bits per heavy atom. The molecule has 8 heteroatoms. The lowest BCUT2D eigenvalue weighted by Crippen LogP contribution is -2.44. The van der Waals surface area contributed by atoms with Gasteiger partial charge in [0.25, 0.3) is 5.91 Å². The molecule has 7 nitrogen and oxygen atoms in total. The second-order valence-electron chi connectivity index (χ2n) is 7.74. The van der Waals surface area contributed by atoms with E-state index in [-0.39, 0.29) is 11.9 Å². The van der Waals surface area contributed by atoms with Crippen LogP contribution in [-0.4, -0.2) is 93.2 Å². The number of nitrogens with zero attached hydrogens (tertiary/aromatic N) is 3. The smallest absolute Gasteiger partial charge is 0.253 e. The highest BCUT2D eigenvalue weighted by Crippen LogP contribution is 2.21. The van der Waals surface area contributed by atoms with Gasteiger partial charge in [-0.1, -0.05) is 17.7 Å². The fourth-order valence-corrected chi connectivity index (χ4v) is 5.19. The molecule has 0 aliphatic carbocycles. The van der Waals surface area contributed by atoms with Crippen LogP contribution in [0.5, 0.6) is 0 Å². The largest absolute Gasteiger partial charge is 0.379 e. The Morgan fingerprint density at radius 2 is 2.00 bits per heavy atom. The maximum absolute atomic E-state index is 12.8. The van der Waals surface area contributed by atoms with E-state index in [0.29, 0.717) is 31.6 Å². The summed E-state index contributed by atoms with van der Waals surface area (Å²) in [4.78, 5) is 16.9. The molecule has 2 fully saturated rings. The summed E-state index contributed by atoms with van der Waals surface area (Å²) in [6.07, 6.45) is 2.74. The molecule has 1 unspecified atom stereocenters. The van der Waals surface area contributed by atoms with Gasteiger partial charge in [-0.15, -0.1) is 0 Å². The van der Waals surface area contributed by atoms with Crippen LogP contribution in [0, 0.1) is 6.92 Å². The molecule has 0 N–H and O–H groups in total. The molecule has 0 aromatic heterocycles. The predicted octanol–water partition coefficient (Wildman–Crippen LogP) is 1.19. The van der Waals surface area contributed by atoms with Crippen molar-refractivity contribution in [3.63, 3.8) is 0 Å². The average molecular weight is 410 g/mol. The summed E-state index contributed by atoms with van der Waals surface area (Å²) in [6.45, 7) is 7.67. The number of likely N-dealkylation sites (tertiary alicyclic amines) is 1. The lowest BCUT2D eigenvalue weighted by molar-refractivity contribution is 0.0366. The van der Waals surface area contributed by atoms with Gasteiger partial charge in [-0.2, -0.15) is 4.31 Å². The topological polar surface area (TPSA) is 70.2 Å². The Bertz CT molecular complexity index is 777. The molecular weight excluding hydrogens is 378 g/mol. The van der Waals surface area contributed by atoms with Crippen LogP contribution >= 0.6 is 0 Å². The molecule has 28 heavy (non-hydrogen) atoms. The van der Waals surface area contributed by atoms with Gasteiger partial charge >= 0.3 is 0 Å². The number of carbonyl (C=O) groups excluding carboxylic acids is 1. The van der Waals surface area contributed by atoms with Crippen molar-refractivity contribution in [3.05, 3.63) is 35.4 Å². The molecule has 1 atom stereocenters. The van der Waals surface area contributed by atoms with Crippen molar-refractivity contribution >= 4 is 15.9 Å². The van der Waals surface area contributed by atoms with Crippen molar-refractivity contribution in [2.75, 3.05) is 58.7 Å². The van der Waals surface area contributed by atoms with Gasteiger partial charge < -0.3 is 9.64 Å². The highest BCUT2D eigenvalue weighted by molar-refractivity contribution is 7.88. The molecule has 2 aliphatic rings. The van der Waals surface area contributed by atoms with Gasteiger partial charge in [0.05, 0.1) is 19.5 Å². The van der Waals surface area contributed by atoms with Crippen molar-refractivity contribution < 1.29 is 17.9 Å². The van der Waals surface area contributed by atoms with Crippen LogP contribution in [0.25, 0.3) is 0 Å². The lowest BCUT2D eigenvalue weighted by Gasteiger charge is -2.30. The molecule has 1 aromatic carbocycles. The summed E-state index contributed by atoms with van der Waals surface area (Å²) in [5.74, 6) is -0.0204. The number of morpholine rings is 1. The van der Waals surface area contributed by atoms with E-state index in [9.17, 15) is 13.2 Å². The summed E-state index contributed by atoms with van der Waals surface area (Å²) < 4.78 is 31.7. The number of carbonyl (C=O) groups is 1. The first-order chi connectivity index (χ1) is 13.3. The molecule has 0 radical (unpaired) electrons. The number of benzene rings is 1. The summed E-state index contributed by atoms with van der Waals surface area (Å²) >= 11 is 0. The monoisotopic (exact) mass is 409 g/mol. The Hall–Kier alpha value is -1.48. The third-order valence-electron chi connectivity index (χ3n) is 5.51. The molecule has 3 rings (SSSR count). The van der Waals surface area contributed by atoms with Crippen LogP contribution < -0.4 is 0 Å². The minimum Gasteiger partial charge on any atom is -0.379 e. The third-order valence-corrected chi connectivity index (χ3v) is 6.84. The average Bonchev–Trinajstić information content (AvgIpc) is 3.14. The fourth-order valence-electron chi connectivity index (χ4n) is 4.02. The summed E-state index contributed by atoms with van der Waals surface area (Å²) in [6, 6.07) is 7.40. The normalized spacial score (nSPS) is 21.4. The zero-order valence-electron chi connectivity index (χ0n) is 16.8. The summed E-state index contributed by atoms with van der Waals surface area (Å²) in [7, 11) is -3.32. The molecule has 2 saturated heterocycles. The maximum Gasteiger partial charge on any atom is 0.253 e.